The molecule has 94 valence electrons. The third kappa shape index (κ3) is 2.54. The lowest BCUT2D eigenvalue weighted by Crippen LogP contribution is -2.48. The van der Waals surface area contributed by atoms with E-state index in [1.165, 1.54) is 7.11 Å². The van der Waals surface area contributed by atoms with Gasteiger partial charge in [0.2, 0.25) is 0 Å². The number of nitrogens with zero attached hydrogens (tertiary/aromatic N) is 3. The quantitative estimate of drug-likeness (QED) is 0.751. The lowest BCUT2D eigenvalue weighted by atomic mass is 10.2. The fourth-order valence-electron chi connectivity index (χ4n) is 2.05. The number of amides is 1. The maximum absolute atomic E-state index is 11.4. The zero-order valence-corrected chi connectivity index (χ0v) is 10.3. The summed E-state index contributed by atoms with van der Waals surface area (Å²) in [7, 11) is 1.39. The van der Waals surface area contributed by atoms with Crippen molar-refractivity contribution in [3.8, 4) is 6.07 Å². The molecule has 1 aromatic carbocycles. The van der Waals surface area contributed by atoms with E-state index in [1.807, 2.05) is 18.2 Å². The summed E-state index contributed by atoms with van der Waals surface area (Å²) in [4.78, 5) is 15.2. The standard InChI is InChI=1S/C13H15N3O2/c1-18-13(17)16-7-5-15(6-8-16)12-4-2-3-11(9-12)10-14/h2-4,9H,5-8H2,1H3. The molecule has 0 aromatic heterocycles. The molecule has 1 saturated heterocycles. The van der Waals surface area contributed by atoms with Gasteiger partial charge in [0.15, 0.2) is 0 Å². The van der Waals surface area contributed by atoms with E-state index in [0.29, 0.717) is 18.7 Å². The number of anilines is 1. The smallest absolute Gasteiger partial charge is 0.409 e. The third-order valence-electron chi connectivity index (χ3n) is 3.05. The van der Waals surface area contributed by atoms with Crippen molar-refractivity contribution >= 4 is 11.8 Å². The van der Waals surface area contributed by atoms with E-state index < -0.39 is 0 Å². The van der Waals surface area contributed by atoms with Crippen LogP contribution in [-0.2, 0) is 4.74 Å². The van der Waals surface area contributed by atoms with Crippen LogP contribution in [0.15, 0.2) is 24.3 Å². The van der Waals surface area contributed by atoms with Crippen LogP contribution in [0.1, 0.15) is 5.56 Å². The van der Waals surface area contributed by atoms with Gasteiger partial charge in [0.1, 0.15) is 0 Å². The van der Waals surface area contributed by atoms with Crippen molar-refractivity contribution < 1.29 is 9.53 Å². The highest BCUT2D eigenvalue weighted by atomic mass is 16.5. The van der Waals surface area contributed by atoms with E-state index in [9.17, 15) is 4.79 Å². The van der Waals surface area contributed by atoms with Crippen LogP contribution in [0.5, 0.6) is 0 Å². The molecule has 2 rings (SSSR count). The van der Waals surface area contributed by atoms with E-state index in [0.717, 1.165) is 18.8 Å². The highest BCUT2D eigenvalue weighted by Crippen LogP contribution is 2.17. The molecule has 0 N–H and O–H groups in total. The molecular weight excluding hydrogens is 230 g/mol. The zero-order valence-electron chi connectivity index (χ0n) is 10.3. The average molecular weight is 245 g/mol. The Morgan fingerprint density at radius 3 is 2.67 bits per heavy atom. The van der Waals surface area contributed by atoms with Gasteiger partial charge in [-0.15, -0.1) is 0 Å². The molecule has 0 unspecified atom stereocenters. The van der Waals surface area contributed by atoms with Gasteiger partial charge in [0.25, 0.3) is 0 Å². The van der Waals surface area contributed by atoms with Gasteiger partial charge in [-0.25, -0.2) is 4.79 Å². The second kappa shape index (κ2) is 5.41. The Balaban J connectivity index is 2.01. The molecule has 1 heterocycles. The normalized spacial score (nSPS) is 15.1. The topological polar surface area (TPSA) is 56.6 Å². The van der Waals surface area contributed by atoms with Gasteiger partial charge in [-0.3, -0.25) is 0 Å². The van der Waals surface area contributed by atoms with E-state index in [2.05, 4.69) is 11.0 Å². The van der Waals surface area contributed by atoms with Crippen LogP contribution in [0.2, 0.25) is 0 Å². The Hall–Kier alpha value is -2.22. The van der Waals surface area contributed by atoms with Gasteiger partial charge in [-0.05, 0) is 18.2 Å². The maximum Gasteiger partial charge on any atom is 0.409 e. The van der Waals surface area contributed by atoms with Crippen LogP contribution in [0.3, 0.4) is 0 Å². The first-order valence-electron chi connectivity index (χ1n) is 5.82. The van der Waals surface area contributed by atoms with Crippen LogP contribution in [0.25, 0.3) is 0 Å². The molecule has 0 atom stereocenters. The highest BCUT2D eigenvalue weighted by molar-refractivity contribution is 5.68. The molecule has 1 aromatic rings. The molecule has 1 amide bonds. The monoisotopic (exact) mass is 245 g/mol. The van der Waals surface area contributed by atoms with Gasteiger partial charge in [-0.1, -0.05) is 6.07 Å². The van der Waals surface area contributed by atoms with E-state index in [4.69, 9.17) is 10.00 Å². The lowest BCUT2D eigenvalue weighted by Gasteiger charge is -2.35. The number of hydrogen-bond acceptors (Lipinski definition) is 4. The molecule has 1 fully saturated rings. The Bertz CT molecular complexity index is 473. The van der Waals surface area contributed by atoms with E-state index in [-0.39, 0.29) is 6.09 Å². The van der Waals surface area contributed by atoms with Gasteiger partial charge >= 0.3 is 6.09 Å². The molecule has 1 aliphatic rings. The first kappa shape index (κ1) is 12.2. The third-order valence-corrected chi connectivity index (χ3v) is 3.05. The van der Waals surface area contributed by atoms with Gasteiger partial charge in [0.05, 0.1) is 18.7 Å². The van der Waals surface area contributed by atoms with Crippen LogP contribution in [0.4, 0.5) is 10.5 Å². The Labute approximate surface area is 106 Å². The van der Waals surface area contributed by atoms with Crippen molar-refractivity contribution in [2.45, 2.75) is 0 Å². The average Bonchev–Trinajstić information content (AvgIpc) is 2.46. The molecule has 18 heavy (non-hydrogen) atoms. The summed E-state index contributed by atoms with van der Waals surface area (Å²) in [6.45, 7) is 2.79. The summed E-state index contributed by atoms with van der Waals surface area (Å²) >= 11 is 0. The van der Waals surface area contributed by atoms with E-state index >= 15 is 0 Å². The molecule has 0 saturated carbocycles. The number of rotatable bonds is 1. The fourth-order valence-corrected chi connectivity index (χ4v) is 2.05. The van der Waals surface area contributed by atoms with Gasteiger partial charge in [0, 0.05) is 31.9 Å². The Kier molecular flexibility index (Phi) is 3.68. The summed E-state index contributed by atoms with van der Waals surface area (Å²) in [5.41, 5.74) is 1.68. The largest absolute Gasteiger partial charge is 0.453 e. The van der Waals surface area contributed by atoms with Crippen LogP contribution < -0.4 is 4.90 Å². The molecule has 0 radical (unpaired) electrons. The van der Waals surface area contributed by atoms with Crippen molar-refractivity contribution in [3.63, 3.8) is 0 Å². The first-order chi connectivity index (χ1) is 8.74. The van der Waals surface area contributed by atoms with Crippen molar-refractivity contribution in [2.75, 3.05) is 38.2 Å². The molecule has 0 aliphatic carbocycles. The summed E-state index contributed by atoms with van der Waals surface area (Å²) < 4.78 is 4.69. The number of carbonyl (C=O) groups is 1. The fraction of sp³-hybridized carbons (Fsp3) is 0.385. The summed E-state index contributed by atoms with van der Waals surface area (Å²) in [6, 6.07) is 9.64. The molecule has 5 nitrogen and oxygen atoms in total. The van der Waals surface area contributed by atoms with Crippen molar-refractivity contribution in [1.82, 2.24) is 4.90 Å². The minimum Gasteiger partial charge on any atom is -0.453 e. The van der Waals surface area contributed by atoms with Crippen molar-refractivity contribution in [2.24, 2.45) is 0 Å². The molecular formula is C13H15N3O2. The highest BCUT2D eigenvalue weighted by Gasteiger charge is 2.21. The number of ether oxygens (including phenoxy) is 1. The number of benzene rings is 1. The van der Waals surface area contributed by atoms with Gasteiger partial charge in [-0.2, -0.15) is 5.26 Å². The second-order valence-corrected chi connectivity index (χ2v) is 4.11. The summed E-state index contributed by atoms with van der Waals surface area (Å²) in [5, 5.41) is 8.87. The lowest BCUT2D eigenvalue weighted by molar-refractivity contribution is 0.121. The number of hydrogen-bond donors (Lipinski definition) is 0. The maximum atomic E-state index is 11.4. The van der Waals surface area contributed by atoms with Gasteiger partial charge < -0.3 is 14.5 Å². The van der Waals surface area contributed by atoms with Crippen LogP contribution in [-0.4, -0.2) is 44.3 Å². The molecule has 5 heteroatoms. The SMILES string of the molecule is COC(=O)N1CCN(c2cccc(C#N)c2)CC1. The van der Waals surface area contributed by atoms with E-state index in [1.54, 1.807) is 11.0 Å². The van der Waals surface area contributed by atoms with Crippen molar-refractivity contribution in [3.05, 3.63) is 29.8 Å². The number of methoxy groups -OCH3 is 1. The second-order valence-electron chi connectivity index (χ2n) is 4.11. The molecule has 0 spiro atoms. The Morgan fingerprint density at radius 1 is 1.33 bits per heavy atom. The zero-order chi connectivity index (χ0) is 13.0. The minimum absolute atomic E-state index is 0.277. The number of carbonyl (C=O) groups excluding carboxylic acids is 1. The molecule has 0 bridgehead atoms. The van der Waals surface area contributed by atoms with Crippen molar-refractivity contribution in [1.29, 1.82) is 5.26 Å². The predicted octanol–water partition coefficient (Wildman–Crippen LogP) is 1.45. The Morgan fingerprint density at radius 2 is 2.06 bits per heavy atom. The number of piperazine rings is 1. The number of nitriles is 1. The summed E-state index contributed by atoms with van der Waals surface area (Å²) in [5.74, 6) is 0. The van der Waals surface area contributed by atoms with Crippen LogP contribution in [0, 0.1) is 11.3 Å². The van der Waals surface area contributed by atoms with Crippen LogP contribution >= 0.6 is 0 Å². The molecule has 1 aliphatic heterocycles. The minimum atomic E-state index is -0.277. The summed E-state index contributed by atoms with van der Waals surface area (Å²) in [6.07, 6.45) is -0.277. The first-order valence-corrected chi connectivity index (χ1v) is 5.82. The predicted molar refractivity (Wildman–Crippen MR) is 67.3 cm³/mol.